The highest BCUT2D eigenvalue weighted by atomic mass is 16.2. The van der Waals surface area contributed by atoms with E-state index in [9.17, 15) is 4.79 Å². The molecule has 0 aliphatic heterocycles. The van der Waals surface area contributed by atoms with E-state index in [0.29, 0.717) is 6.04 Å². The Bertz CT molecular complexity index is 153. The average Bonchev–Trinajstić information content (AvgIpc) is 2.55. The topological polar surface area (TPSA) is 55.1 Å². The summed E-state index contributed by atoms with van der Waals surface area (Å²) in [5, 5.41) is 2.97. The molecule has 0 saturated heterocycles. The zero-order valence-electron chi connectivity index (χ0n) is 7.68. The molecule has 0 aromatic rings. The van der Waals surface area contributed by atoms with Crippen molar-refractivity contribution in [1.29, 1.82) is 0 Å². The molecule has 0 bridgehead atoms. The highest BCUT2D eigenvalue weighted by molar-refractivity contribution is 5.81. The summed E-state index contributed by atoms with van der Waals surface area (Å²) in [7, 11) is 0. The van der Waals surface area contributed by atoms with Gasteiger partial charge in [0.1, 0.15) is 0 Å². The van der Waals surface area contributed by atoms with Gasteiger partial charge in [-0.15, -0.1) is 0 Å². The maximum absolute atomic E-state index is 11.3. The minimum atomic E-state index is -0.314. The maximum atomic E-state index is 11.3. The number of nitrogens with one attached hydrogen (secondary N) is 1. The van der Waals surface area contributed by atoms with Gasteiger partial charge in [0.2, 0.25) is 5.91 Å². The third-order valence-corrected chi connectivity index (χ3v) is 2.48. The van der Waals surface area contributed by atoms with E-state index in [0.717, 1.165) is 19.3 Å². The molecular formula is C9H18N2O. The van der Waals surface area contributed by atoms with E-state index in [1.165, 1.54) is 12.8 Å². The van der Waals surface area contributed by atoms with E-state index in [-0.39, 0.29) is 11.9 Å². The normalized spacial score (nSPS) is 20.8. The van der Waals surface area contributed by atoms with Gasteiger partial charge in [0.25, 0.3) is 0 Å². The number of carbonyl (C=O) groups excluding carboxylic acids is 1. The van der Waals surface area contributed by atoms with Gasteiger partial charge in [-0.3, -0.25) is 4.79 Å². The summed E-state index contributed by atoms with van der Waals surface area (Å²) in [5.41, 5.74) is 5.58. The molecule has 0 spiro atoms. The highest BCUT2D eigenvalue weighted by Crippen LogP contribution is 2.17. The van der Waals surface area contributed by atoms with Crippen LogP contribution in [-0.4, -0.2) is 18.0 Å². The molecule has 3 N–H and O–H groups in total. The Morgan fingerprint density at radius 1 is 1.58 bits per heavy atom. The molecule has 1 rings (SSSR count). The van der Waals surface area contributed by atoms with E-state index >= 15 is 0 Å². The fraction of sp³-hybridized carbons (Fsp3) is 0.889. The molecule has 1 aliphatic rings. The Hall–Kier alpha value is -0.570. The van der Waals surface area contributed by atoms with Crippen molar-refractivity contribution >= 4 is 5.91 Å². The summed E-state index contributed by atoms with van der Waals surface area (Å²) < 4.78 is 0. The predicted molar refractivity (Wildman–Crippen MR) is 48.7 cm³/mol. The number of nitrogens with two attached hydrogens (primary N) is 1. The minimum Gasteiger partial charge on any atom is -0.352 e. The van der Waals surface area contributed by atoms with Crippen LogP contribution in [0, 0.1) is 0 Å². The number of carbonyl (C=O) groups is 1. The molecule has 1 atom stereocenters. The third kappa shape index (κ3) is 2.48. The van der Waals surface area contributed by atoms with Crippen LogP contribution in [0.3, 0.4) is 0 Å². The van der Waals surface area contributed by atoms with Crippen molar-refractivity contribution in [2.45, 2.75) is 51.1 Å². The monoisotopic (exact) mass is 170 g/mol. The van der Waals surface area contributed by atoms with Gasteiger partial charge in [-0.25, -0.2) is 0 Å². The molecule has 1 saturated carbocycles. The lowest BCUT2D eigenvalue weighted by molar-refractivity contribution is -0.123. The van der Waals surface area contributed by atoms with Gasteiger partial charge in [-0.05, 0) is 19.3 Å². The first-order chi connectivity index (χ1) is 5.74. The molecule has 1 fully saturated rings. The summed E-state index contributed by atoms with van der Waals surface area (Å²) in [6.45, 7) is 1.93. The third-order valence-electron chi connectivity index (χ3n) is 2.48. The molecule has 0 radical (unpaired) electrons. The molecule has 3 nitrogen and oxygen atoms in total. The fourth-order valence-electron chi connectivity index (χ4n) is 1.56. The Morgan fingerprint density at radius 2 is 2.17 bits per heavy atom. The van der Waals surface area contributed by atoms with Gasteiger partial charge in [-0.1, -0.05) is 19.8 Å². The van der Waals surface area contributed by atoms with Crippen molar-refractivity contribution in [3.8, 4) is 0 Å². The van der Waals surface area contributed by atoms with E-state index in [4.69, 9.17) is 5.73 Å². The van der Waals surface area contributed by atoms with E-state index in [1.807, 2.05) is 6.92 Å². The van der Waals surface area contributed by atoms with Gasteiger partial charge in [0.15, 0.2) is 0 Å². The van der Waals surface area contributed by atoms with Crippen molar-refractivity contribution in [3.63, 3.8) is 0 Å². The SMILES string of the molecule is CC[C@H](N)C(=O)NC1CCCC1. The van der Waals surface area contributed by atoms with Crippen molar-refractivity contribution in [1.82, 2.24) is 5.32 Å². The first-order valence-electron chi connectivity index (χ1n) is 4.80. The molecule has 3 heteroatoms. The largest absolute Gasteiger partial charge is 0.352 e. The zero-order chi connectivity index (χ0) is 8.97. The van der Waals surface area contributed by atoms with Crippen LogP contribution in [0.25, 0.3) is 0 Å². The van der Waals surface area contributed by atoms with Crippen LogP contribution >= 0.6 is 0 Å². The lowest BCUT2D eigenvalue weighted by atomic mass is 10.2. The molecule has 1 amide bonds. The number of amides is 1. The second kappa shape index (κ2) is 4.45. The van der Waals surface area contributed by atoms with E-state index in [2.05, 4.69) is 5.32 Å². The second-order valence-corrected chi connectivity index (χ2v) is 3.50. The minimum absolute atomic E-state index is 0.0180. The Morgan fingerprint density at radius 3 is 2.67 bits per heavy atom. The Balaban J connectivity index is 2.25. The smallest absolute Gasteiger partial charge is 0.237 e. The standard InChI is InChI=1S/C9H18N2O/c1-2-8(10)9(12)11-7-5-3-4-6-7/h7-8H,2-6,10H2,1H3,(H,11,12)/t8-/m0/s1. The average molecular weight is 170 g/mol. The van der Waals surface area contributed by atoms with Crippen molar-refractivity contribution in [3.05, 3.63) is 0 Å². The highest BCUT2D eigenvalue weighted by Gasteiger charge is 2.19. The molecular weight excluding hydrogens is 152 g/mol. The van der Waals surface area contributed by atoms with Gasteiger partial charge < -0.3 is 11.1 Å². The first kappa shape index (κ1) is 9.52. The quantitative estimate of drug-likeness (QED) is 0.657. The van der Waals surface area contributed by atoms with Crippen LogP contribution in [0.1, 0.15) is 39.0 Å². The van der Waals surface area contributed by atoms with Crippen LogP contribution in [0.2, 0.25) is 0 Å². The van der Waals surface area contributed by atoms with Crippen LogP contribution < -0.4 is 11.1 Å². The lowest BCUT2D eigenvalue weighted by Crippen LogP contribution is -2.44. The molecule has 0 unspecified atom stereocenters. The molecule has 0 aromatic heterocycles. The van der Waals surface area contributed by atoms with Crippen LogP contribution in [0.15, 0.2) is 0 Å². The van der Waals surface area contributed by atoms with Crippen molar-refractivity contribution < 1.29 is 4.79 Å². The Labute approximate surface area is 73.7 Å². The number of hydrogen-bond acceptors (Lipinski definition) is 2. The van der Waals surface area contributed by atoms with Crippen LogP contribution in [-0.2, 0) is 4.79 Å². The second-order valence-electron chi connectivity index (χ2n) is 3.50. The summed E-state index contributed by atoms with van der Waals surface area (Å²) in [5.74, 6) is 0.0180. The molecule has 12 heavy (non-hydrogen) atoms. The fourth-order valence-corrected chi connectivity index (χ4v) is 1.56. The Kier molecular flexibility index (Phi) is 3.53. The summed E-state index contributed by atoms with van der Waals surface area (Å²) in [4.78, 5) is 11.3. The molecule has 1 aliphatic carbocycles. The summed E-state index contributed by atoms with van der Waals surface area (Å²) in [6, 6.07) is 0.0840. The molecule has 0 heterocycles. The maximum Gasteiger partial charge on any atom is 0.237 e. The van der Waals surface area contributed by atoms with Crippen molar-refractivity contribution in [2.75, 3.05) is 0 Å². The molecule has 70 valence electrons. The first-order valence-corrected chi connectivity index (χ1v) is 4.80. The lowest BCUT2D eigenvalue weighted by Gasteiger charge is -2.14. The van der Waals surface area contributed by atoms with Crippen LogP contribution in [0.5, 0.6) is 0 Å². The van der Waals surface area contributed by atoms with E-state index in [1.54, 1.807) is 0 Å². The van der Waals surface area contributed by atoms with Crippen molar-refractivity contribution in [2.24, 2.45) is 5.73 Å². The zero-order valence-corrected chi connectivity index (χ0v) is 7.68. The van der Waals surface area contributed by atoms with Gasteiger partial charge in [-0.2, -0.15) is 0 Å². The van der Waals surface area contributed by atoms with Gasteiger partial charge in [0.05, 0.1) is 6.04 Å². The number of hydrogen-bond donors (Lipinski definition) is 2. The van der Waals surface area contributed by atoms with Crippen LogP contribution in [0.4, 0.5) is 0 Å². The summed E-state index contributed by atoms with van der Waals surface area (Å²) in [6.07, 6.45) is 5.46. The van der Waals surface area contributed by atoms with Gasteiger partial charge in [0, 0.05) is 6.04 Å². The predicted octanol–water partition coefficient (Wildman–Crippen LogP) is 0.782. The number of rotatable bonds is 3. The van der Waals surface area contributed by atoms with E-state index < -0.39 is 0 Å². The molecule has 0 aromatic carbocycles. The van der Waals surface area contributed by atoms with Gasteiger partial charge >= 0.3 is 0 Å². The summed E-state index contributed by atoms with van der Waals surface area (Å²) >= 11 is 0.